The van der Waals surface area contributed by atoms with Crippen molar-refractivity contribution in [2.45, 2.75) is 57.6 Å². The zero-order valence-electron chi connectivity index (χ0n) is 25.0. The van der Waals surface area contributed by atoms with Gasteiger partial charge in [0.05, 0.1) is 27.4 Å². The average molecular weight is 681 g/mol. The molecule has 2 aliphatic rings. The number of carbonyl (C=O) groups is 2. The van der Waals surface area contributed by atoms with Gasteiger partial charge in [-0.25, -0.2) is 4.98 Å². The Balaban J connectivity index is 1.39. The molecule has 4 aromatic rings. The number of benzene rings is 1. The molecule has 2 saturated heterocycles. The van der Waals surface area contributed by atoms with Crippen molar-refractivity contribution in [1.29, 1.82) is 0 Å². The summed E-state index contributed by atoms with van der Waals surface area (Å²) in [6.45, 7) is 4.26. The number of imidazole rings is 1. The molecule has 0 unspecified atom stereocenters. The maximum atomic E-state index is 13.8. The topological polar surface area (TPSA) is 126 Å². The van der Waals surface area contributed by atoms with E-state index in [-0.39, 0.29) is 48.3 Å². The number of halogens is 4. The minimum atomic E-state index is -4.66. The summed E-state index contributed by atoms with van der Waals surface area (Å²) in [6.07, 6.45) is -3.94. The maximum absolute atomic E-state index is 13.8. The lowest BCUT2D eigenvalue weighted by Gasteiger charge is -2.36. The summed E-state index contributed by atoms with van der Waals surface area (Å²) in [4.78, 5) is 36.4. The van der Waals surface area contributed by atoms with E-state index in [4.69, 9.17) is 20.9 Å². The number of carbonyl (C=O) groups excluding carboxylic acids is 2. The van der Waals surface area contributed by atoms with Crippen molar-refractivity contribution >= 4 is 45.8 Å². The van der Waals surface area contributed by atoms with E-state index in [9.17, 15) is 27.9 Å². The summed E-state index contributed by atoms with van der Waals surface area (Å²) in [5.74, 6) is -1.07. The fourth-order valence-electron chi connectivity index (χ4n) is 5.69. The number of amides is 2. The van der Waals surface area contributed by atoms with Crippen LogP contribution in [0.2, 0.25) is 4.34 Å². The molecular formula is C30H32ClF3N6O5S. The summed E-state index contributed by atoms with van der Waals surface area (Å²) >= 11 is 7.39. The van der Waals surface area contributed by atoms with Crippen LogP contribution in [0.1, 0.15) is 53.4 Å². The molecule has 2 N–H and O–H groups in total. The number of alkyl halides is 3. The van der Waals surface area contributed by atoms with Gasteiger partial charge in [-0.1, -0.05) is 16.8 Å². The number of rotatable bonds is 9. The first-order valence-electron chi connectivity index (χ1n) is 14.8. The number of aliphatic hydroxyl groups is 1. The largest absolute Gasteiger partial charge is 0.483 e. The van der Waals surface area contributed by atoms with Gasteiger partial charge in [-0.2, -0.15) is 13.2 Å². The number of nitrogens with zero attached hydrogens (tertiary/aromatic N) is 5. The third kappa shape index (κ3) is 6.87. The summed E-state index contributed by atoms with van der Waals surface area (Å²) in [5, 5.41) is 17.0. The van der Waals surface area contributed by atoms with E-state index in [0.29, 0.717) is 27.3 Å². The lowest BCUT2D eigenvalue weighted by molar-refractivity contribution is -0.153. The van der Waals surface area contributed by atoms with Gasteiger partial charge >= 0.3 is 6.18 Å². The standard InChI is InChI=1S/C30H32ClF3N6O5S/c1-16(2)38-9-7-17(8-10-38)35-28(42)27-36-26-20(40(27)12-18-11-22(45-37-18)23-5-6-24(31)46-23)3-4-21(44-15-30(32,33)34)25(26)29(43)39-13-19(41)14-39/h3-6,11,16-17,19,41H,7-10,12-15H2,1-2H3,(H,35,42). The van der Waals surface area contributed by atoms with E-state index >= 15 is 0 Å². The fourth-order valence-corrected chi connectivity index (χ4v) is 6.68. The van der Waals surface area contributed by atoms with Crippen LogP contribution in [0.15, 0.2) is 34.9 Å². The number of aliphatic hydroxyl groups excluding tert-OH is 1. The molecule has 0 atom stereocenters. The van der Waals surface area contributed by atoms with Crippen molar-refractivity contribution in [2.75, 3.05) is 32.8 Å². The predicted octanol–water partition coefficient (Wildman–Crippen LogP) is 4.81. The molecule has 11 nitrogen and oxygen atoms in total. The van der Waals surface area contributed by atoms with Crippen LogP contribution in [0.4, 0.5) is 13.2 Å². The molecule has 2 amide bonds. The second-order valence-electron chi connectivity index (χ2n) is 11.8. The van der Waals surface area contributed by atoms with E-state index in [2.05, 4.69) is 34.2 Å². The Labute approximate surface area is 270 Å². The molecule has 6 rings (SSSR count). The minimum absolute atomic E-state index is 0.000372. The lowest BCUT2D eigenvalue weighted by Crippen LogP contribution is -2.53. The Morgan fingerprint density at radius 2 is 1.93 bits per heavy atom. The van der Waals surface area contributed by atoms with E-state index in [1.807, 2.05) is 0 Å². The van der Waals surface area contributed by atoms with Crippen molar-refractivity contribution in [1.82, 2.24) is 29.8 Å². The fraction of sp³-hybridized carbons (Fsp3) is 0.467. The van der Waals surface area contributed by atoms with E-state index in [1.165, 1.54) is 28.4 Å². The number of hydrogen-bond acceptors (Lipinski definition) is 9. The van der Waals surface area contributed by atoms with Crippen molar-refractivity contribution in [3.63, 3.8) is 0 Å². The van der Waals surface area contributed by atoms with Crippen molar-refractivity contribution in [3.05, 3.63) is 51.7 Å². The first kappa shape index (κ1) is 32.3. The maximum Gasteiger partial charge on any atom is 0.422 e. The third-order valence-corrected chi connectivity index (χ3v) is 9.38. The molecule has 0 spiro atoms. The molecule has 0 bridgehead atoms. The number of hydrogen-bond donors (Lipinski definition) is 2. The van der Waals surface area contributed by atoms with Gasteiger partial charge in [-0.3, -0.25) is 9.59 Å². The van der Waals surface area contributed by atoms with Gasteiger partial charge in [-0.15, -0.1) is 11.3 Å². The highest BCUT2D eigenvalue weighted by molar-refractivity contribution is 7.19. The van der Waals surface area contributed by atoms with Crippen molar-refractivity contribution < 1.29 is 37.1 Å². The van der Waals surface area contributed by atoms with Gasteiger partial charge in [0, 0.05) is 44.3 Å². The highest BCUT2D eigenvalue weighted by Crippen LogP contribution is 2.34. The number of ether oxygens (including phenoxy) is 1. The zero-order chi connectivity index (χ0) is 32.7. The smallest absolute Gasteiger partial charge is 0.422 e. The summed E-state index contributed by atoms with van der Waals surface area (Å²) < 4.78 is 52.2. The molecule has 2 fully saturated rings. The molecule has 2 aliphatic heterocycles. The number of fused-ring (bicyclic) bond motifs is 1. The minimum Gasteiger partial charge on any atom is -0.483 e. The van der Waals surface area contributed by atoms with Crippen LogP contribution in [0.25, 0.3) is 21.7 Å². The second kappa shape index (κ2) is 12.9. The first-order chi connectivity index (χ1) is 21.9. The number of β-amino-alcohol motifs (C(OH)–C–C–N with tert-alkyl or cyclic N) is 1. The first-order valence-corrected chi connectivity index (χ1v) is 16.0. The monoisotopic (exact) mass is 680 g/mol. The Morgan fingerprint density at radius 3 is 2.57 bits per heavy atom. The van der Waals surface area contributed by atoms with Crippen LogP contribution in [0.3, 0.4) is 0 Å². The molecule has 1 aromatic carbocycles. The SMILES string of the molecule is CC(C)N1CCC(NC(=O)c2nc3c(C(=O)N4CC(O)C4)c(OCC(F)(F)F)ccc3n2Cc2cc(-c3ccc(Cl)s3)on2)CC1. The molecule has 246 valence electrons. The van der Waals surface area contributed by atoms with E-state index in [1.54, 1.807) is 22.8 Å². The van der Waals surface area contributed by atoms with Crippen molar-refractivity contribution in [2.24, 2.45) is 0 Å². The van der Waals surface area contributed by atoms with Crippen LogP contribution in [-0.2, 0) is 6.54 Å². The molecule has 0 saturated carbocycles. The van der Waals surface area contributed by atoms with Gasteiger partial charge < -0.3 is 34.1 Å². The summed E-state index contributed by atoms with van der Waals surface area (Å²) in [5.41, 5.74) is 0.530. The van der Waals surface area contributed by atoms with Crippen LogP contribution in [-0.4, -0.2) is 98.6 Å². The number of nitrogens with one attached hydrogen (secondary N) is 1. The predicted molar refractivity (Wildman–Crippen MR) is 164 cm³/mol. The number of aromatic nitrogens is 3. The van der Waals surface area contributed by atoms with Crippen LogP contribution >= 0.6 is 22.9 Å². The van der Waals surface area contributed by atoms with Crippen LogP contribution in [0, 0.1) is 0 Å². The number of piperidine rings is 1. The van der Waals surface area contributed by atoms with Crippen LogP contribution in [0.5, 0.6) is 5.75 Å². The highest BCUT2D eigenvalue weighted by atomic mass is 35.5. The van der Waals surface area contributed by atoms with Gasteiger partial charge in [0.25, 0.3) is 11.8 Å². The van der Waals surface area contributed by atoms with E-state index in [0.717, 1.165) is 30.8 Å². The van der Waals surface area contributed by atoms with E-state index < -0.39 is 30.7 Å². The zero-order valence-corrected chi connectivity index (χ0v) is 26.6. The molecule has 0 radical (unpaired) electrons. The molecule has 5 heterocycles. The van der Waals surface area contributed by atoms with Gasteiger partial charge in [0.1, 0.15) is 22.5 Å². The summed E-state index contributed by atoms with van der Waals surface area (Å²) in [6, 6.07) is 8.22. The van der Waals surface area contributed by atoms with Gasteiger partial charge in [0.15, 0.2) is 18.2 Å². The number of likely N-dealkylation sites (tertiary alicyclic amines) is 2. The Hall–Kier alpha value is -3.66. The Kier molecular flexibility index (Phi) is 9.02. The van der Waals surface area contributed by atoms with Gasteiger partial charge in [0.2, 0.25) is 0 Å². The molecular weight excluding hydrogens is 649 g/mol. The normalized spacial score (nSPS) is 16.7. The molecule has 3 aromatic heterocycles. The van der Waals surface area contributed by atoms with Crippen molar-refractivity contribution in [3.8, 4) is 16.4 Å². The Bertz CT molecular complexity index is 1740. The summed E-state index contributed by atoms with van der Waals surface area (Å²) in [7, 11) is 0. The lowest BCUT2D eigenvalue weighted by atomic mass is 10.0. The molecule has 16 heteroatoms. The highest BCUT2D eigenvalue weighted by Gasteiger charge is 2.36. The number of thiophene rings is 1. The van der Waals surface area contributed by atoms with Gasteiger partial charge in [-0.05, 0) is 51.0 Å². The average Bonchev–Trinajstić information content (AvgIpc) is 3.73. The quantitative estimate of drug-likeness (QED) is 0.258. The third-order valence-electron chi connectivity index (χ3n) is 8.13. The second-order valence-corrected chi connectivity index (χ2v) is 13.5. The molecule has 0 aliphatic carbocycles. The molecule has 46 heavy (non-hydrogen) atoms. The van der Waals surface area contributed by atoms with Crippen LogP contribution < -0.4 is 10.1 Å². The Morgan fingerprint density at radius 1 is 1.20 bits per heavy atom.